The van der Waals surface area contributed by atoms with Gasteiger partial charge in [-0.1, -0.05) is 60.7 Å². The number of aryl methyl sites for hydroxylation is 1. The van der Waals surface area contributed by atoms with E-state index in [0.717, 1.165) is 0 Å². The number of nitrogens with zero attached hydrogens (tertiary/aromatic N) is 1. The molecule has 1 aromatic heterocycles. The Kier molecular flexibility index (Phi) is 4.67. The van der Waals surface area contributed by atoms with Gasteiger partial charge in [0.25, 0.3) is 0 Å². The summed E-state index contributed by atoms with van der Waals surface area (Å²) in [6.45, 7) is 1.76. The van der Waals surface area contributed by atoms with Crippen molar-refractivity contribution in [3.8, 4) is 0 Å². The fourth-order valence-corrected chi connectivity index (χ4v) is 3.98. The average molecular weight is 355 g/mol. The topological polar surface area (TPSA) is 91.9 Å². The van der Waals surface area contributed by atoms with Crippen LogP contribution in [-0.4, -0.2) is 24.4 Å². The van der Waals surface area contributed by atoms with E-state index in [2.05, 4.69) is 14.9 Å². The second-order valence-electron chi connectivity index (χ2n) is 5.60. The Morgan fingerprint density at radius 1 is 1.04 bits per heavy atom. The number of benzene rings is 2. The maximum Gasteiger partial charge on any atom is 0.248 e. The lowest BCUT2D eigenvalue weighted by Crippen LogP contribution is -2.28. The van der Waals surface area contributed by atoms with Crippen molar-refractivity contribution in [2.24, 2.45) is 0 Å². The second kappa shape index (κ2) is 6.90. The summed E-state index contributed by atoms with van der Waals surface area (Å²) in [4.78, 5) is 12.9. The lowest BCUT2D eigenvalue weighted by atomic mass is 10.0. The first-order valence-corrected chi connectivity index (χ1v) is 9.20. The maximum atomic E-state index is 12.9. The molecule has 128 valence electrons. The Morgan fingerprint density at radius 3 is 2.20 bits per heavy atom. The number of ketones is 1. The second-order valence-corrected chi connectivity index (χ2v) is 7.37. The summed E-state index contributed by atoms with van der Waals surface area (Å²) in [5.74, 6) is -0.342. The van der Waals surface area contributed by atoms with Crippen molar-refractivity contribution in [2.45, 2.75) is 12.2 Å². The van der Waals surface area contributed by atoms with Crippen LogP contribution in [0.2, 0.25) is 0 Å². The van der Waals surface area contributed by atoms with Crippen molar-refractivity contribution in [1.29, 1.82) is 0 Å². The third kappa shape index (κ3) is 3.77. The molecule has 0 bridgehead atoms. The lowest BCUT2D eigenvalue weighted by molar-refractivity contribution is 0.0987. The van der Waals surface area contributed by atoms with Crippen LogP contribution in [0.25, 0.3) is 0 Å². The van der Waals surface area contributed by atoms with Gasteiger partial charge in [0.15, 0.2) is 16.9 Å². The molecule has 0 amide bonds. The Labute approximate surface area is 146 Å². The Morgan fingerprint density at radius 2 is 1.64 bits per heavy atom. The normalized spacial score (nSPS) is 12.5. The van der Waals surface area contributed by atoms with Crippen molar-refractivity contribution in [3.05, 3.63) is 83.6 Å². The van der Waals surface area contributed by atoms with Crippen molar-refractivity contribution in [2.75, 3.05) is 4.72 Å². The molecule has 3 aromatic rings. The van der Waals surface area contributed by atoms with Gasteiger partial charge >= 0.3 is 0 Å². The highest BCUT2D eigenvalue weighted by Gasteiger charge is 2.35. The van der Waals surface area contributed by atoms with Crippen LogP contribution in [-0.2, 0) is 10.0 Å². The van der Waals surface area contributed by atoms with Crippen molar-refractivity contribution < 1.29 is 13.2 Å². The first-order chi connectivity index (χ1) is 12.0. The molecule has 1 atom stereocenters. The minimum Gasteiger partial charge on any atom is -0.292 e. The number of carbonyl (C=O) groups is 1. The standard InChI is InChI=1S/C18H17N3O3S/c1-13-12-16(20-19-13)21-25(23,24)18(15-10-6-3-7-11-15)17(22)14-8-4-2-5-9-14/h2-12,18H,1H3,(H2,19,20,21). The molecule has 0 aliphatic carbocycles. The lowest BCUT2D eigenvalue weighted by Gasteiger charge is -2.17. The van der Waals surface area contributed by atoms with Crippen molar-refractivity contribution >= 4 is 21.6 Å². The Balaban J connectivity index is 2.03. The molecule has 0 saturated heterocycles. The summed E-state index contributed by atoms with van der Waals surface area (Å²) >= 11 is 0. The summed E-state index contributed by atoms with van der Waals surface area (Å²) in [6, 6.07) is 18.4. The van der Waals surface area contributed by atoms with Crippen LogP contribution in [0.4, 0.5) is 5.82 Å². The van der Waals surface area contributed by atoms with Crippen LogP contribution in [0.3, 0.4) is 0 Å². The van der Waals surface area contributed by atoms with Crippen LogP contribution in [0.5, 0.6) is 0 Å². The van der Waals surface area contributed by atoms with E-state index in [4.69, 9.17) is 0 Å². The van der Waals surface area contributed by atoms with Crippen LogP contribution in [0.1, 0.15) is 26.9 Å². The molecule has 0 aliphatic heterocycles. The molecule has 0 fully saturated rings. The molecule has 0 aliphatic rings. The molecular formula is C18H17N3O3S. The molecular weight excluding hydrogens is 338 g/mol. The van der Waals surface area contributed by atoms with Crippen molar-refractivity contribution in [1.82, 2.24) is 10.2 Å². The highest BCUT2D eigenvalue weighted by molar-refractivity contribution is 7.93. The zero-order valence-electron chi connectivity index (χ0n) is 13.5. The molecule has 1 unspecified atom stereocenters. The zero-order chi connectivity index (χ0) is 17.9. The molecule has 1 heterocycles. The highest BCUT2D eigenvalue weighted by Crippen LogP contribution is 2.28. The van der Waals surface area contributed by atoms with Crippen LogP contribution in [0.15, 0.2) is 66.7 Å². The molecule has 3 rings (SSSR count). The van der Waals surface area contributed by atoms with E-state index in [1.807, 2.05) is 0 Å². The van der Waals surface area contributed by atoms with E-state index in [1.165, 1.54) is 0 Å². The van der Waals surface area contributed by atoms with E-state index in [-0.39, 0.29) is 5.82 Å². The molecule has 0 saturated carbocycles. The molecule has 7 heteroatoms. The number of hydrogen-bond donors (Lipinski definition) is 2. The number of Topliss-reactive ketones (excluding diaryl/α,β-unsaturated/α-hetero) is 1. The number of H-pyrrole nitrogens is 1. The summed E-state index contributed by atoms with van der Waals surface area (Å²) in [5.41, 5.74) is 1.44. The van der Waals surface area contributed by atoms with Gasteiger partial charge in [0, 0.05) is 17.3 Å². The first-order valence-electron chi connectivity index (χ1n) is 7.65. The number of aromatic nitrogens is 2. The number of hydrogen-bond acceptors (Lipinski definition) is 4. The predicted octanol–water partition coefficient (Wildman–Crippen LogP) is 3.08. The van der Waals surface area contributed by atoms with Gasteiger partial charge in [-0.3, -0.25) is 14.6 Å². The summed E-state index contributed by atoms with van der Waals surface area (Å²) in [5, 5.41) is 5.18. The van der Waals surface area contributed by atoms with E-state index in [1.54, 1.807) is 73.7 Å². The smallest absolute Gasteiger partial charge is 0.248 e. The van der Waals surface area contributed by atoms with E-state index in [0.29, 0.717) is 16.8 Å². The monoisotopic (exact) mass is 355 g/mol. The molecule has 2 N–H and O–H groups in total. The Hall–Kier alpha value is -2.93. The van der Waals surface area contributed by atoms with Gasteiger partial charge in [0.05, 0.1) is 0 Å². The molecule has 0 spiro atoms. The van der Waals surface area contributed by atoms with Crippen LogP contribution < -0.4 is 4.72 Å². The molecule has 25 heavy (non-hydrogen) atoms. The fraction of sp³-hybridized carbons (Fsp3) is 0.111. The van der Waals surface area contributed by atoms with Gasteiger partial charge in [0.1, 0.15) is 0 Å². The summed E-state index contributed by atoms with van der Waals surface area (Å²) < 4.78 is 28.3. The predicted molar refractivity (Wildman–Crippen MR) is 95.8 cm³/mol. The Bertz CT molecular complexity index is 967. The van der Waals surface area contributed by atoms with Gasteiger partial charge in [-0.25, -0.2) is 8.42 Å². The van der Waals surface area contributed by atoms with Crippen molar-refractivity contribution in [3.63, 3.8) is 0 Å². The number of sulfonamides is 1. The average Bonchev–Trinajstić information content (AvgIpc) is 3.00. The minimum absolute atomic E-state index is 0.152. The van der Waals surface area contributed by atoms with Gasteiger partial charge in [-0.15, -0.1) is 0 Å². The SMILES string of the molecule is Cc1cc(NS(=O)(=O)C(C(=O)c2ccccc2)c2ccccc2)n[nH]1. The van der Waals surface area contributed by atoms with E-state index >= 15 is 0 Å². The number of rotatable bonds is 6. The molecule has 6 nitrogen and oxygen atoms in total. The quantitative estimate of drug-likeness (QED) is 0.665. The fourth-order valence-electron chi connectivity index (χ4n) is 2.53. The number of carbonyl (C=O) groups excluding carboxylic acids is 1. The first kappa shape index (κ1) is 16.9. The largest absolute Gasteiger partial charge is 0.292 e. The summed E-state index contributed by atoms with van der Waals surface area (Å²) in [6.07, 6.45) is 0. The third-order valence-corrected chi connectivity index (χ3v) is 5.26. The van der Waals surface area contributed by atoms with E-state index < -0.39 is 21.1 Å². The van der Waals surface area contributed by atoms with Gasteiger partial charge in [0.2, 0.25) is 10.0 Å². The van der Waals surface area contributed by atoms with Gasteiger partial charge in [-0.05, 0) is 12.5 Å². The maximum absolute atomic E-state index is 12.9. The number of aromatic amines is 1. The van der Waals surface area contributed by atoms with Crippen LogP contribution in [0, 0.1) is 6.92 Å². The molecule has 0 radical (unpaired) electrons. The van der Waals surface area contributed by atoms with Crippen LogP contribution >= 0.6 is 0 Å². The van der Waals surface area contributed by atoms with E-state index in [9.17, 15) is 13.2 Å². The third-order valence-electron chi connectivity index (χ3n) is 3.66. The number of anilines is 1. The molecule has 2 aromatic carbocycles. The zero-order valence-corrected chi connectivity index (χ0v) is 14.3. The van der Waals surface area contributed by atoms with Gasteiger partial charge < -0.3 is 0 Å². The highest BCUT2D eigenvalue weighted by atomic mass is 32.2. The summed E-state index contributed by atoms with van der Waals surface area (Å²) in [7, 11) is -4.04. The van der Waals surface area contributed by atoms with Gasteiger partial charge in [-0.2, -0.15) is 5.10 Å². The number of nitrogens with one attached hydrogen (secondary N) is 2. The minimum atomic E-state index is -4.04.